The molecule has 0 aliphatic heterocycles. The Kier molecular flexibility index (Phi) is 7.45. The zero-order chi connectivity index (χ0) is 18.9. The maximum Gasteiger partial charge on any atom is 0.205 e. The molecule has 0 amide bonds. The van der Waals surface area contributed by atoms with Crippen LogP contribution in [0, 0.1) is 17.8 Å². The van der Waals surface area contributed by atoms with E-state index >= 15 is 0 Å². The van der Waals surface area contributed by atoms with Gasteiger partial charge in [0, 0.05) is 18.0 Å². The standard InChI is InChI=1S/C25H32N2/c1-3-5-7-22-18-26-25(27-19-22)17-12-21-10-15-24(16-11-21)23-13-8-20(6-4-2)9-14-23/h10-11,15-16,18-20,23H,3-9,13-14H2,1-2H3. The van der Waals surface area contributed by atoms with E-state index in [1.54, 1.807) is 0 Å². The molecule has 142 valence electrons. The Balaban J connectivity index is 1.56. The van der Waals surface area contributed by atoms with Crippen LogP contribution < -0.4 is 0 Å². The van der Waals surface area contributed by atoms with Crippen LogP contribution in [0.25, 0.3) is 0 Å². The number of hydrogen-bond acceptors (Lipinski definition) is 2. The third kappa shape index (κ3) is 5.93. The lowest BCUT2D eigenvalue weighted by Gasteiger charge is -2.28. The summed E-state index contributed by atoms with van der Waals surface area (Å²) in [5, 5.41) is 0. The van der Waals surface area contributed by atoms with Crippen LogP contribution in [0.5, 0.6) is 0 Å². The minimum Gasteiger partial charge on any atom is -0.229 e. The molecule has 27 heavy (non-hydrogen) atoms. The van der Waals surface area contributed by atoms with Crippen LogP contribution >= 0.6 is 0 Å². The van der Waals surface area contributed by atoms with Gasteiger partial charge >= 0.3 is 0 Å². The molecule has 1 fully saturated rings. The lowest BCUT2D eigenvalue weighted by molar-refractivity contribution is 0.308. The number of benzene rings is 1. The van der Waals surface area contributed by atoms with Crippen LogP contribution in [-0.4, -0.2) is 9.97 Å². The quantitative estimate of drug-likeness (QED) is 0.565. The summed E-state index contributed by atoms with van der Waals surface area (Å²) in [7, 11) is 0. The Bertz CT molecular complexity index is 742. The Morgan fingerprint density at radius 1 is 0.889 bits per heavy atom. The van der Waals surface area contributed by atoms with Crippen LogP contribution in [0.2, 0.25) is 0 Å². The Morgan fingerprint density at radius 3 is 2.22 bits per heavy atom. The summed E-state index contributed by atoms with van der Waals surface area (Å²) in [6.45, 7) is 4.50. The van der Waals surface area contributed by atoms with Gasteiger partial charge < -0.3 is 0 Å². The topological polar surface area (TPSA) is 25.8 Å². The Morgan fingerprint density at radius 2 is 1.59 bits per heavy atom. The molecule has 2 heteroatoms. The molecule has 0 bridgehead atoms. The number of unbranched alkanes of at least 4 members (excludes halogenated alkanes) is 1. The third-order valence-corrected chi connectivity index (χ3v) is 5.77. The zero-order valence-corrected chi connectivity index (χ0v) is 16.9. The van der Waals surface area contributed by atoms with Gasteiger partial charge in [-0.3, -0.25) is 0 Å². The first-order valence-electron chi connectivity index (χ1n) is 10.7. The van der Waals surface area contributed by atoms with E-state index in [-0.39, 0.29) is 0 Å². The first-order valence-corrected chi connectivity index (χ1v) is 10.7. The van der Waals surface area contributed by atoms with Gasteiger partial charge in [0.25, 0.3) is 0 Å². The minimum absolute atomic E-state index is 0.605. The highest BCUT2D eigenvalue weighted by molar-refractivity contribution is 5.40. The average Bonchev–Trinajstić information content (AvgIpc) is 2.73. The summed E-state index contributed by atoms with van der Waals surface area (Å²) in [5.74, 6) is 8.60. The Hall–Kier alpha value is -2.14. The lowest BCUT2D eigenvalue weighted by atomic mass is 9.77. The second-order valence-electron chi connectivity index (χ2n) is 7.90. The number of nitrogens with zero attached hydrogens (tertiary/aromatic N) is 2. The molecule has 1 heterocycles. The van der Waals surface area contributed by atoms with Gasteiger partial charge in [-0.2, -0.15) is 0 Å². The van der Waals surface area contributed by atoms with E-state index in [0.29, 0.717) is 5.82 Å². The monoisotopic (exact) mass is 360 g/mol. The van der Waals surface area contributed by atoms with Crippen LogP contribution in [0.1, 0.15) is 93.6 Å². The molecule has 1 aliphatic carbocycles. The largest absolute Gasteiger partial charge is 0.229 e. The molecule has 1 aromatic carbocycles. The number of aryl methyl sites for hydroxylation is 1. The van der Waals surface area contributed by atoms with Gasteiger partial charge in [0.2, 0.25) is 5.82 Å². The van der Waals surface area contributed by atoms with Crippen LogP contribution in [-0.2, 0) is 6.42 Å². The summed E-state index contributed by atoms with van der Waals surface area (Å²) in [6.07, 6.45) is 15.4. The first-order chi connectivity index (χ1) is 13.3. The molecule has 0 radical (unpaired) electrons. The molecule has 2 aromatic rings. The van der Waals surface area contributed by atoms with Gasteiger partial charge in [-0.15, -0.1) is 0 Å². The number of hydrogen-bond donors (Lipinski definition) is 0. The first kappa shape index (κ1) is 19.6. The van der Waals surface area contributed by atoms with Crippen molar-refractivity contribution in [1.82, 2.24) is 9.97 Å². The van der Waals surface area contributed by atoms with Crippen molar-refractivity contribution in [2.45, 2.75) is 77.6 Å². The molecule has 1 aromatic heterocycles. The van der Waals surface area contributed by atoms with Crippen molar-refractivity contribution in [1.29, 1.82) is 0 Å². The highest BCUT2D eigenvalue weighted by Gasteiger charge is 2.21. The minimum atomic E-state index is 0.605. The molecule has 3 rings (SSSR count). The van der Waals surface area contributed by atoms with E-state index in [9.17, 15) is 0 Å². The molecule has 0 spiro atoms. The van der Waals surface area contributed by atoms with Crippen molar-refractivity contribution >= 4 is 0 Å². The summed E-state index contributed by atoms with van der Waals surface area (Å²) in [6, 6.07) is 8.83. The van der Waals surface area contributed by atoms with E-state index in [4.69, 9.17) is 0 Å². The van der Waals surface area contributed by atoms with Crippen molar-refractivity contribution in [3.63, 3.8) is 0 Å². The summed E-state index contributed by atoms with van der Waals surface area (Å²) in [4.78, 5) is 8.75. The van der Waals surface area contributed by atoms with Crippen LogP contribution in [0.15, 0.2) is 36.7 Å². The molecule has 0 atom stereocenters. The van der Waals surface area contributed by atoms with Crippen molar-refractivity contribution in [2.75, 3.05) is 0 Å². The summed E-state index contributed by atoms with van der Waals surface area (Å²) in [5.41, 5.74) is 3.71. The summed E-state index contributed by atoms with van der Waals surface area (Å²) < 4.78 is 0. The van der Waals surface area contributed by atoms with Crippen LogP contribution in [0.3, 0.4) is 0 Å². The van der Waals surface area contributed by atoms with E-state index in [1.165, 1.54) is 62.5 Å². The molecule has 2 nitrogen and oxygen atoms in total. The number of aromatic nitrogens is 2. The van der Waals surface area contributed by atoms with Crippen molar-refractivity contribution < 1.29 is 0 Å². The van der Waals surface area contributed by atoms with Crippen molar-refractivity contribution in [3.05, 3.63) is 59.2 Å². The van der Waals surface area contributed by atoms with Gasteiger partial charge in [-0.1, -0.05) is 51.2 Å². The predicted molar refractivity (Wildman–Crippen MR) is 113 cm³/mol. The van der Waals surface area contributed by atoms with Gasteiger partial charge in [0.15, 0.2) is 0 Å². The van der Waals surface area contributed by atoms with E-state index < -0.39 is 0 Å². The predicted octanol–water partition coefficient (Wildman–Crippen LogP) is 6.29. The fourth-order valence-corrected chi connectivity index (χ4v) is 4.09. The number of rotatable bonds is 6. The van der Waals surface area contributed by atoms with Gasteiger partial charge in [0.05, 0.1) is 0 Å². The fourth-order valence-electron chi connectivity index (χ4n) is 4.09. The average molecular weight is 361 g/mol. The second-order valence-corrected chi connectivity index (χ2v) is 7.90. The van der Waals surface area contributed by atoms with E-state index in [0.717, 1.165) is 23.8 Å². The van der Waals surface area contributed by atoms with Crippen molar-refractivity contribution in [3.8, 4) is 11.8 Å². The zero-order valence-electron chi connectivity index (χ0n) is 16.9. The highest BCUT2D eigenvalue weighted by atomic mass is 14.8. The highest BCUT2D eigenvalue weighted by Crippen LogP contribution is 2.37. The van der Waals surface area contributed by atoms with Crippen LogP contribution in [0.4, 0.5) is 0 Å². The smallest absolute Gasteiger partial charge is 0.205 e. The molecular formula is C25H32N2. The third-order valence-electron chi connectivity index (χ3n) is 5.77. The maximum atomic E-state index is 4.38. The van der Waals surface area contributed by atoms with Crippen molar-refractivity contribution in [2.24, 2.45) is 5.92 Å². The lowest BCUT2D eigenvalue weighted by Crippen LogP contribution is -2.13. The summed E-state index contributed by atoms with van der Waals surface area (Å²) >= 11 is 0. The van der Waals surface area contributed by atoms with E-state index in [1.807, 2.05) is 12.4 Å². The SMILES string of the molecule is CCCCc1cnc(C#Cc2ccc(C3CCC(CCC)CC3)cc2)nc1. The molecule has 0 N–H and O–H groups in total. The second kappa shape index (κ2) is 10.3. The normalized spacial score (nSPS) is 19.3. The molecule has 0 unspecified atom stereocenters. The van der Waals surface area contributed by atoms with E-state index in [2.05, 4.69) is 59.9 Å². The molecule has 0 saturated heterocycles. The van der Waals surface area contributed by atoms with Gasteiger partial charge in [0.1, 0.15) is 0 Å². The fraction of sp³-hybridized carbons (Fsp3) is 0.520. The molecular weight excluding hydrogens is 328 g/mol. The Labute approximate surface area is 164 Å². The maximum absolute atomic E-state index is 4.38. The van der Waals surface area contributed by atoms with Gasteiger partial charge in [-0.25, -0.2) is 9.97 Å². The molecule has 1 aliphatic rings. The molecule has 1 saturated carbocycles. The van der Waals surface area contributed by atoms with Gasteiger partial charge in [-0.05, 0) is 79.5 Å².